The number of hydrogen-bond acceptors (Lipinski definition) is 2. The van der Waals surface area contributed by atoms with Gasteiger partial charge in [-0.2, -0.15) is 5.10 Å². The van der Waals surface area contributed by atoms with E-state index in [4.69, 9.17) is 0 Å². The number of nitrogens with one attached hydrogen (secondary N) is 2. The second-order valence-electron chi connectivity index (χ2n) is 4.68. The van der Waals surface area contributed by atoms with Crippen molar-refractivity contribution >= 4 is 5.91 Å². The van der Waals surface area contributed by atoms with E-state index in [1.165, 1.54) is 0 Å². The molecule has 0 aliphatic heterocycles. The van der Waals surface area contributed by atoms with Gasteiger partial charge in [0, 0.05) is 11.7 Å². The minimum absolute atomic E-state index is 0.0867. The predicted octanol–water partition coefficient (Wildman–Crippen LogP) is 2.53. The van der Waals surface area contributed by atoms with E-state index in [1.54, 1.807) is 0 Å². The molecule has 0 saturated carbocycles. The van der Waals surface area contributed by atoms with Gasteiger partial charge in [0.1, 0.15) is 5.69 Å². The highest BCUT2D eigenvalue weighted by molar-refractivity contribution is 5.92. The van der Waals surface area contributed by atoms with E-state index in [0.29, 0.717) is 11.6 Å². The van der Waals surface area contributed by atoms with E-state index in [2.05, 4.69) is 36.3 Å². The number of aromatic nitrogens is 2. The van der Waals surface area contributed by atoms with Gasteiger partial charge in [-0.15, -0.1) is 0 Å². The van der Waals surface area contributed by atoms with Crippen molar-refractivity contribution in [1.82, 2.24) is 15.5 Å². The van der Waals surface area contributed by atoms with Crippen molar-refractivity contribution in [2.24, 2.45) is 5.92 Å². The van der Waals surface area contributed by atoms with Crippen LogP contribution in [-0.4, -0.2) is 22.1 Å². The highest BCUT2D eigenvalue weighted by Gasteiger charge is 2.16. The van der Waals surface area contributed by atoms with E-state index in [-0.39, 0.29) is 11.9 Å². The topological polar surface area (TPSA) is 57.8 Å². The molecule has 0 radical (unpaired) electrons. The molecule has 0 aliphatic carbocycles. The molecular formula is C13H23N3O. The minimum atomic E-state index is -0.0867. The Bertz CT molecular complexity index is 359. The molecule has 0 aromatic carbocycles. The summed E-state index contributed by atoms with van der Waals surface area (Å²) in [6.45, 7) is 8.40. The Kier molecular flexibility index (Phi) is 5.19. The fourth-order valence-electron chi connectivity index (χ4n) is 1.65. The molecule has 17 heavy (non-hydrogen) atoms. The number of aromatic amines is 1. The molecule has 0 bridgehead atoms. The monoisotopic (exact) mass is 237 g/mol. The molecule has 1 heterocycles. The summed E-state index contributed by atoms with van der Waals surface area (Å²) in [5, 5.41) is 9.91. The van der Waals surface area contributed by atoms with Gasteiger partial charge in [0.05, 0.1) is 0 Å². The van der Waals surface area contributed by atoms with Crippen molar-refractivity contribution in [3.05, 3.63) is 17.5 Å². The molecule has 0 fully saturated rings. The summed E-state index contributed by atoms with van der Waals surface area (Å²) in [6.07, 6.45) is 3.04. The molecular weight excluding hydrogens is 214 g/mol. The molecule has 1 rings (SSSR count). The van der Waals surface area contributed by atoms with E-state index >= 15 is 0 Å². The van der Waals surface area contributed by atoms with Crippen LogP contribution in [0.25, 0.3) is 0 Å². The zero-order valence-corrected chi connectivity index (χ0v) is 11.2. The SMILES string of the molecule is CCCc1cc(C(=O)NC(C)C(C)CC)n[nH]1. The lowest BCUT2D eigenvalue weighted by Gasteiger charge is -2.19. The average Bonchev–Trinajstić information content (AvgIpc) is 2.77. The number of aryl methyl sites for hydroxylation is 1. The maximum atomic E-state index is 11.9. The third-order valence-electron chi connectivity index (χ3n) is 3.24. The van der Waals surface area contributed by atoms with Crippen molar-refractivity contribution < 1.29 is 4.79 Å². The van der Waals surface area contributed by atoms with Crippen LogP contribution in [0.2, 0.25) is 0 Å². The van der Waals surface area contributed by atoms with Gasteiger partial charge in [-0.05, 0) is 25.3 Å². The minimum Gasteiger partial charge on any atom is -0.348 e. The standard InChI is InChI=1S/C13H23N3O/c1-5-7-11-8-12(16-15-11)13(17)14-10(4)9(3)6-2/h8-10H,5-7H2,1-4H3,(H,14,17)(H,15,16). The quantitative estimate of drug-likeness (QED) is 0.798. The lowest BCUT2D eigenvalue weighted by atomic mass is 10.0. The van der Waals surface area contributed by atoms with Gasteiger partial charge in [0.25, 0.3) is 5.91 Å². The highest BCUT2D eigenvalue weighted by atomic mass is 16.2. The van der Waals surface area contributed by atoms with Crippen LogP contribution in [0, 0.1) is 5.92 Å². The number of carbonyl (C=O) groups excluding carboxylic acids is 1. The number of rotatable bonds is 6. The van der Waals surface area contributed by atoms with Gasteiger partial charge < -0.3 is 5.32 Å². The zero-order chi connectivity index (χ0) is 12.8. The Morgan fingerprint density at radius 1 is 1.47 bits per heavy atom. The molecule has 2 atom stereocenters. The summed E-state index contributed by atoms with van der Waals surface area (Å²) < 4.78 is 0. The maximum absolute atomic E-state index is 11.9. The number of nitrogens with zero attached hydrogens (tertiary/aromatic N) is 1. The van der Waals surface area contributed by atoms with Crippen molar-refractivity contribution in [3.8, 4) is 0 Å². The number of hydrogen-bond donors (Lipinski definition) is 2. The Morgan fingerprint density at radius 3 is 2.76 bits per heavy atom. The first kappa shape index (κ1) is 13.7. The van der Waals surface area contributed by atoms with Gasteiger partial charge >= 0.3 is 0 Å². The first-order valence-corrected chi connectivity index (χ1v) is 6.43. The second-order valence-corrected chi connectivity index (χ2v) is 4.68. The molecule has 0 aliphatic rings. The number of carbonyl (C=O) groups is 1. The Labute approximate surface area is 103 Å². The highest BCUT2D eigenvalue weighted by Crippen LogP contribution is 2.08. The van der Waals surface area contributed by atoms with Gasteiger partial charge in [0.2, 0.25) is 0 Å². The third kappa shape index (κ3) is 3.88. The molecule has 1 aromatic rings. The molecule has 1 aromatic heterocycles. The van der Waals surface area contributed by atoms with Crippen molar-refractivity contribution in [1.29, 1.82) is 0 Å². The number of amides is 1. The van der Waals surface area contributed by atoms with E-state index in [0.717, 1.165) is 25.0 Å². The first-order chi connectivity index (χ1) is 8.08. The van der Waals surface area contributed by atoms with Crippen LogP contribution in [0.3, 0.4) is 0 Å². The summed E-state index contributed by atoms with van der Waals surface area (Å²) in [5.41, 5.74) is 1.51. The normalized spacial score (nSPS) is 14.4. The second kappa shape index (κ2) is 6.42. The Hall–Kier alpha value is -1.32. The smallest absolute Gasteiger partial charge is 0.271 e. The fraction of sp³-hybridized carbons (Fsp3) is 0.692. The van der Waals surface area contributed by atoms with Crippen molar-refractivity contribution in [3.63, 3.8) is 0 Å². The molecule has 2 N–H and O–H groups in total. The average molecular weight is 237 g/mol. The molecule has 4 heteroatoms. The molecule has 2 unspecified atom stereocenters. The van der Waals surface area contributed by atoms with Gasteiger partial charge in [-0.3, -0.25) is 9.89 Å². The van der Waals surface area contributed by atoms with Crippen LogP contribution in [0.5, 0.6) is 0 Å². The van der Waals surface area contributed by atoms with Crippen LogP contribution in [0.1, 0.15) is 56.7 Å². The molecule has 1 amide bonds. The van der Waals surface area contributed by atoms with E-state index in [1.807, 2.05) is 13.0 Å². The van der Waals surface area contributed by atoms with Crippen LogP contribution in [0.4, 0.5) is 0 Å². The zero-order valence-electron chi connectivity index (χ0n) is 11.2. The molecule has 0 saturated heterocycles. The summed E-state index contributed by atoms with van der Waals surface area (Å²) in [6, 6.07) is 2.01. The largest absolute Gasteiger partial charge is 0.348 e. The van der Waals surface area contributed by atoms with Crippen LogP contribution in [0.15, 0.2) is 6.07 Å². The maximum Gasteiger partial charge on any atom is 0.271 e. The van der Waals surface area contributed by atoms with Crippen molar-refractivity contribution in [2.45, 2.75) is 53.0 Å². The molecule has 96 valence electrons. The summed E-state index contributed by atoms with van der Waals surface area (Å²) >= 11 is 0. The summed E-state index contributed by atoms with van der Waals surface area (Å²) in [4.78, 5) is 11.9. The number of H-pyrrole nitrogens is 1. The van der Waals surface area contributed by atoms with Gasteiger partial charge in [-0.25, -0.2) is 0 Å². The van der Waals surface area contributed by atoms with Crippen LogP contribution < -0.4 is 5.32 Å². The summed E-state index contributed by atoms with van der Waals surface area (Å²) in [7, 11) is 0. The van der Waals surface area contributed by atoms with E-state index in [9.17, 15) is 4.79 Å². The van der Waals surface area contributed by atoms with E-state index < -0.39 is 0 Å². The fourth-order valence-corrected chi connectivity index (χ4v) is 1.65. The first-order valence-electron chi connectivity index (χ1n) is 6.43. The lowest BCUT2D eigenvalue weighted by molar-refractivity contribution is 0.0923. The predicted molar refractivity (Wildman–Crippen MR) is 69.0 cm³/mol. The van der Waals surface area contributed by atoms with Crippen molar-refractivity contribution in [2.75, 3.05) is 0 Å². The summed E-state index contributed by atoms with van der Waals surface area (Å²) in [5.74, 6) is 0.393. The van der Waals surface area contributed by atoms with Crippen LogP contribution >= 0.6 is 0 Å². The molecule has 0 spiro atoms. The lowest BCUT2D eigenvalue weighted by Crippen LogP contribution is -2.37. The van der Waals surface area contributed by atoms with Gasteiger partial charge in [-0.1, -0.05) is 33.6 Å². The molecule has 4 nitrogen and oxygen atoms in total. The third-order valence-corrected chi connectivity index (χ3v) is 3.24. The van der Waals surface area contributed by atoms with Crippen LogP contribution in [-0.2, 0) is 6.42 Å². The Morgan fingerprint density at radius 2 is 2.18 bits per heavy atom. The Balaban J connectivity index is 2.57. The van der Waals surface area contributed by atoms with Gasteiger partial charge in [0.15, 0.2) is 0 Å².